The molecule has 35 heteroatoms. The summed E-state index contributed by atoms with van der Waals surface area (Å²) in [4.78, 5) is 137. The standard InChI is InChI=1S/C16H18N2O9S.C14H22N2O3S.C13H18N2O3.CH5N.CH4S.2CH4.3HN.Na.3S.3W/c19-12-5-6-13(20)17(12)8-9-1-3-10(4-2-9)16(23)27-18-14(21)7-11(15(18)22)28(24,25)26;1-15-13(18)10-5-3-9(4-6-10)8-16-12(17)7-11(20-2)14(16)19;1-14-13(18)10-4-2-9(3-5-10)8-15-11(16)6-7-12(15)17;2*1-2;;;;;;;;;;;;/h5-6,9-11H,1-4,7-8H2,(H,24,25,26);9-11H,3-8H2,1-2H3,(H,15,18);6-7,9-10H,2-5,8H2,1H3,(H,14,18);2H2,1H3;2H,1H3;2*1H4;3*1H;;;;;;;/q;;;;;;;;;;+1;;;;;;/p-1/i;;;;;;;3*1T;;;;;;;. The second-order valence-electron chi connectivity index (χ2n) is 17.7. The minimum atomic E-state index is -5.02. The molecule has 7 aliphatic rings. The molecule has 10 amide bonds. The van der Waals surface area contributed by atoms with E-state index in [0.29, 0.717) is 57.0 Å². The number of thiol groups is 1. The summed E-state index contributed by atoms with van der Waals surface area (Å²) in [5, 5.41) is 3.15. The van der Waals surface area contributed by atoms with E-state index in [1.54, 1.807) is 20.4 Å². The Morgan fingerprint density at radius 2 is 0.963 bits per heavy atom. The summed E-state index contributed by atoms with van der Waals surface area (Å²) in [6.07, 6.45) is 16.9. The molecule has 4 heterocycles. The van der Waals surface area contributed by atoms with Gasteiger partial charge in [0.15, 0.2) is 0 Å². The summed E-state index contributed by atoms with van der Waals surface area (Å²) < 4.78 is 60.0. The van der Waals surface area contributed by atoms with Gasteiger partial charge in [-0.15, -0.1) is 5.06 Å². The molecule has 25 nitrogen and oxygen atoms in total. The van der Waals surface area contributed by atoms with Crippen molar-refractivity contribution in [3.63, 3.8) is 0 Å². The van der Waals surface area contributed by atoms with Gasteiger partial charge in [-0.1, -0.05) is 14.9 Å². The molecule has 2 atom stereocenters. The summed E-state index contributed by atoms with van der Waals surface area (Å²) >= 11 is 2.34. The van der Waals surface area contributed by atoms with Gasteiger partial charge in [0.2, 0.25) is 23.6 Å². The van der Waals surface area contributed by atoms with Gasteiger partial charge in [0.25, 0.3) is 35.4 Å². The average molecular weight is 1800 g/mol. The van der Waals surface area contributed by atoms with E-state index in [1.165, 1.54) is 52.9 Å². The maximum absolute atomic E-state index is 12.2. The van der Waals surface area contributed by atoms with Gasteiger partial charge in [-0.05, 0) is 114 Å². The van der Waals surface area contributed by atoms with Crippen molar-refractivity contribution in [3.05, 3.63) is 24.3 Å². The molecule has 0 spiro atoms. The second-order valence-corrected chi connectivity index (χ2v) is 25.6. The Morgan fingerprint density at radius 1 is 0.646 bits per heavy atom. The van der Waals surface area contributed by atoms with Crippen LogP contribution in [0.15, 0.2) is 24.3 Å². The monoisotopic (exact) mass is 1790 g/mol. The van der Waals surface area contributed by atoms with Crippen molar-refractivity contribution in [2.45, 2.75) is 115 Å². The molecule has 0 aromatic rings. The zero-order valence-corrected chi connectivity index (χ0v) is 60.8. The van der Waals surface area contributed by atoms with Crippen LogP contribution in [-0.4, -0.2) is 162 Å². The number of carbonyl (C=O) groups excluding carboxylic acids is 11. The van der Waals surface area contributed by atoms with E-state index in [0.717, 1.165) is 56.3 Å². The molecule has 3 aliphatic carbocycles. The minimum absolute atomic E-state index is 0. The molecule has 2 unspecified atom stereocenters. The zero-order valence-electron chi connectivity index (χ0n) is 48.0. The fourth-order valence-corrected chi connectivity index (χ4v) is 10.6. The van der Waals surface area contributed by atoms with E-state index in [4.69, 9.17) is 9.07 Å². The summed E-state index contributed by atoms with van der Waals surface area (Å²) in [5.41, 5.74) is 4.50. The maximum Gasteiger partial charge on any atom is 1.00 e. The molecule has 82 heavy (non-hydrogen) atoms. The predicted octanol–water partition coefficient (Wildman–Crippen LogP) is 1.57. The van der Waals surface area contributed by atoms with Gasteiger partial charge in [0.1, 0.15) is 15.4 Å². The number of hydroxylamine groups is 2. The summed E-state index contributed by atoms with van der Waals surface area (Å²) in [7, 11) is 12.9. The van der Waals surface area contributed by atoms with Crippen molar-refractivity contribution >= 4 is 129 Å². The van der Waals surface area contributed by atoms with Crippen LogP contribution in [0.5, 0.6) is 0 Å². The van der Waals surface area contributed by atoms with Crippen LogP contribution in [0.2, 0.25) is 4.24 Å². The Labute approximate surface area is 553 Å². The fourth-order valence-electron chi connectivity index (χ4n) is 9.30. The molecule has 5 fully saturated rings. The third-order valence-corrected chi connectivity index (χ3v) is 15.3. The molecule has 0 bridgehead atoms. The number of hydrogen-bond donors (Lipinski definition) is 7. The molecule has 2 saturated heterocycles. The SMILES string of the molecule is C.C.CN.CNC(=O)C1CCC(CN2C(=O)C=CC2=O)CC1.CNC(=O)C1CCC(CN2C(=O)CC(SC)C2=O)CC1.CS.O=C(ON1C(=O)CC(S(=O)(=O)[O-])C1=O)C1CCC(CN2C(=O)C=CC2=O)CC1.[3H][N]=[W]=[S].[3H][N]=[W]=[S].[3H][N]=[W]=[S].[Na+]. The second kappa shape index (κ2) is 47.2. The molecule has 0 radical (unpaired) electrons. The van der Waals surface area contributed by atoms with Gasteiger partial charge >= 0.3 is 131 Å². The minimum Gasteiger partial charge on any atom is 1.00 e. The first kappa shape index (κ1) is 80.1. The third kappa shape index (κ3) is 29.2. The average Bonchev–Trinajstić information content (AvgIpc) is 3.99. The van der Waals surface area contributed by atoms with Gasteiger partial charge in [-0.25, -0.2) is 13.2 Å². The first-order chi connectivity index (χ1) is 39.0. The number of carbonyl (C=O) groups is 11. The van der Waals surface area contributed by atoms with Gasteiger partial charge in [-0.3, -0.25) is 62.6 Å². The van der Waals surface area contributed by atoms with E-state index in [9.17, 15) is 65.7 Å². The number of thioether (sulfide) groups is 1. The number of hydrogen-bond acceptors (Lipinski definition) is 24. The number of nitrogens with two attached hydrogens (primary N) is 1. The molecule has 7 N–H and O–H groups in total. The molecule has 0 aromatic carbocycles. The number of likely N-dealkylation sites (tertiary alicyclic amines) is 1. The molecular formula is C47H77N10NaO15S6W3. The number of amides is 10. The molecular weight excluding hydrogens is 1710 g/mol. The van der Waals surface area contributed by atoms with Crippen LogP contribution in [0.1, 0.15) is 105 Å². The third-order valence-electron chi connectivity index (χ3n) is 13.3. The van der Waals surface area contributed by atoms with Crippen molar-refractivity contribution < 1.29 is 154 Å². The molecule has 3 saturated carbocycles. The van der Waals surface area contributed by atoms with E-state index < -0.39 is 95.2 Å². The first-order valence-electron chi connectivity index (χ1n) is 25.6. The quantitative estimate of drug-likeness (QED) is 0.0631. The Morgan fingerprint density at radius 3 is 1.23 bits per heavy atom. The van der Waals surface area contributed by atoms with Crippen LogP contribution in [-0.2, 0) is 117 Å². The smallest absolute Gasteiger partial charge is 1.00 e. The number of nitrogens with zero attached hydrogens (tertiary/aromatic N) is 4. The largest absolute Gasteiger partial charge is 1.00 e. The van der Waals surface area contributed by atoms with E-state index in [2.05, 4.69) is 70.2 Å². The number of imide groups is 4. The van der Waals surface area contributed by atoms with Crippen LogP contribution in [0, 0.1) is 47.2 Å². The van der Waals surface area contributed by atoms with Gasteiger partial charge < -0.3 is 25.8 Å². The van der Waals surface area contributed by atoms with Gasteiger partial charge in [0.05, 0.1) is 17.6 Å². The Kier molecular flexibility index (Phi) is 46.2. The summed E-state index contributed by atoms with van der Waals surface area (Å²) in [5.74, 6) is -4.05. The number of nitrogens with one attached hydrogen (secondary N) is 5. The van der Waals surface area contributed by atoms with Crippen molar-refractivity contribution in [2.75, 3.05) is 53.3 Å². The molecule has 460 valence electrons. The van der Waals surface area contributed by atoms with Crippen LogP contribution in [0.3, 0.4) is 0 Å². The van der Waals surface area contributed by atoms with E-state index >= 15 is 0 Å². The van der Waals surface area contributed by atoms with Crippen molar-refractivity contribution in [2.24, 2.45) is 41.2 Å². The van der Waals surface area contributed by atoms with Crippen LogP contribution in [0.25, 0.3) is 0 Å². The van der Waals surface area contributed by atoms with Crippen molar-refractivity contribution in [1.29, 1.82) is 11.7 Å². The van der Waals surface area contributed by atoms with Crippen molar-refractivity contribution in [3.8, 4) is 0 Å². The molecule has 7 rings (SSSR count). The van der Waals surface area contributed by atoms with Crippen LogP contribution >= 0.6 is 53.9 Å². The zero-order chi connectivity index (χ0) is 62.7. The summed E-state index contributed by atoms with van der Waals surface area (Å²) in [6, 6.07) is 0. The maximum atomic E-state index is 12.2. The molecule has 0 aromatic heterocycles. The Balaban J connectivity index is -0.000000514. The Hall–Kier alpha value is -1.86. The van der Waals surface area contributed by atoms with E-state index in [1.807, 2.05) is 6.26 Å². The normalized spacial score (nSPS) is 24.2. The predicted molar refractivity (Wildman–Crippen MR) is 300 cm³/mol. The van der Waals surface area contributed by atoms with E-state index in [-0.39, 0.29) is 126 Å². The topological polar surface area (TPSA) is 389 Å². The Bertz CT molecular complexity index is 2520. The van der Waals surface area contributed by atoms with Crippen molar-refractivity contribution in [1.82, 2.24) is 30.4 Å². The van der Waals surface area contributed by atoms with Crippen LogP contribution in [0.4, 0.5) is 0 Å². The first-order valence-corrected chi connectivity index (χ1v) is 43.6. The van der Waals surface area contributed by atoms with Gasteiger partial charge in [-0.2, -0.15) is 24.4 Å². The van der Waals surface area contributed by atoms with Gasteiger partial charge in [0, 0.05) is 76.3 Å². The fraction of sp³-hybridized carbons (Fsp3) is 0.681. The molecule has 4 aliphatic heterocycles. The number of rotatable bonds is 12. The summed E-state index contributed by atoms with van der Waals surface area (Å²) in [6.45, 7) is 1.28. The van der Waals surface area contributed by atoms with Crippen LogP contribution < -0.4 is 45.9 Å².